The van der Waals surface area contributed by atoms with Crippen molar-refractivity contribution in [2.75, 3.05) is 13.4 Å². The van der Waals surface area contributed by atoms with Gasteiger partial charge in [0, 0.05) is 11.4 Å². The number of rotatable bonds is 6. The van der Waals surface area contributed by atoms with Crippen molar-refractivity contribution in [3.05, 3.63) is 47.3 Å². The van der Waals surface area contributed by atoms with Crippen molar-refractivity contribution >= 4 is 43.3 Å². The zero-order valence-electron chi connectivity index (χ0n) is 14.8. The molecule has 0 aliphatic heterocycles. The largest absolute Gasteiger partial charge is 0.497 e. The normalized spacial score (nSPS) is 12.7. The summed E-state index contributed by atoms with van der Waals surface area (Å²) in [5, 5.41) is 0. The smallest absolute Gasteiger partial charge is 0.285 e. The van der Waals surface area contributed by atoms with Crippen LogP contribution in [0.3, 0.4) is 0 Å². The molecule has 0 fully saturated rings. The molecule has 5 nitrogen and oxygen atoms in total. The number of thioether (sulfide) groups is 1. The SMILES string of the molecule is CCCn1/c(=N/S(=O)(=O)c2ccc(OC)cc2)sc2cc(SC)ccc21. The quantitative estimate of drug-likeness (QED) is 0.575. The van der Waals surface area contributed by atoms with Gasteiger partial charge in [0.2, 0.25) is 4.80 Å². The van der Waals surface area contributed by atoms with Gasteiger partial charge in [0.1, 0.15) is 5.75 Å². The number of aromatic nitrogens is 1. The van der Waals surface area contributed by atoms with Gasteiger partial charge < -0.3 is 9.30 Å². The van der Waals surface area contributed by atoms with Crippen LogP contribution in [-0.4, -0.2) is 26.4 Å². The number of nitrogens with zero attached hydrogens (tertiary/aromatic N) is 2. The molecule has 0 atom stereocenters. The van der Waals surface area contributed by atoms with Crippen molar-refractivity contribution in [2.45, 2.75) is 29.7 Å². The lowest BCUT2D eigenvalue weighted by molar-refractivity contribution is 0.414. The average Bonchev–Trinajstić information content (AvgIpc) is 2.97. The van der Waals surface area contributed by atoms with Crippen LogP contribution < -0.4 is 9.54 Å². The Hall–Kier alpha value is -1.77. The van der Waals surface area contributed by atoms with Crippen molar-refractivity contribution < 1.29 is 13.2 Å². The molecule has 0 aliphatic rings. The molecule has 2 aromatic carbocycles. The minimum Gasteiger partial charge on any atom is -0.497 e. The summed E-state index contributed by atoms with van der Waals surface area (Å²) in [5.74, 6) is 0.608. The van der Waals surface area contributed by atoms with Crippen LogP contribution in [-0.2, 0) is 16.6 Å². The van der Waals surface area contributed by atoms with Crippen molar-refractivity contribution in [1.82, 2.24) is 4.57 Å². The fourth-order valence-electron chi connectivity index (χ4n) is 2.59. The number of fused-ring (bicyclic) bond motifs is 1. The number of benzene rings is 2. The van der Waals surface area contributed by atoms with Crippen LogP contribution in [0.25, 0.3) is 10.2 Å². The van der Waals surface area contributed by atoms with Gasteiger partial charge in [0.05, 0.1) is 22.2 Å². The van der Waals surface area contributed by atoms with E-state index in [1.165, 1.54) is 23.5 Å². The van der Waals surface area contributed by atoms with Crippen molar-refractivity contribution in [1.29, 1.82) is 0 Å². The molecule has 0 saturated carbocycles. The van der Waals surface area contributed by atoms with Crippen LogP contribution >= 0.6 is 23.1 Å². The molecule has 3 rings (SSSR count). The highest BCUT2D eigenvalue weighted by molar-refractivity contribution is 7.98. The van der Waals surface area contributed by atoms with Gasteiger partial charge in [0.25, 0.3) is 10.0 Å². The van der Waals surface area contributed by atoms with Gasteiger partial charge in [0.15, 0.2) is 0 Å². The number of methoxy groups -OCH3 is 1. The van der Waals surface area contributed by atoms with Crippen LogP contribution in [0.15, 0.2) is 56.7 Å². The lowest BCUT2D eigenvalue weighted by Crippen LogP contribution is -2.17. The molecule has 0 saturated heterocycles. The van der Waals surface area contributed by atoms with E-state index in [4.69, 9.17) is 4.74 Å². The molecule has 1 aromatic heterocycles. The number of hydrogen-bond acceptors (Lipinski definition) is 5. The van der Waals surface area contributed by atoms with Crippen molar-refractivity contribution in [3.8, 4) is 5.75 Å². The second-order valence-corrected chi connectivity index (χ2v) is 9.10. The van der Waals surface area contributed by atoms with Crippen LogP contribution in [0, 0.1) is 0 Å². The Balaban J connectivity index is 2.16. The van der Waals surface area contributed by atoms with Crippen LogP contribution in [0.5, 0.6) is 5.75 Å². The molecule has 0 amide bonds. The highest BCUT2D eigenvalue weighted by Crippen LogP contribution is 2.25. The van der Waals surface area contributed by atoms with Gasteiger partial charge >= 0.3 is 0 Å². The molecule has 8 heteroatoms. The molecule has 0 radical (unpaired) electrons. The predicted octanol–water partition coefficient (Wildman–Crippen LogP) is 4.13. The van der Waals surface area contributed by atoms with E-state index >= 15 is 0 Å². The van der Waals surface area contributed by atoms with Gasteiger partial charge in [-0.05, 0) is 55.1 Å². The topological polar surface area (TPSA) is 60.7 Å². The summed E-state index contributed by atoms with van der Waals surface area (Å²) in [5.41, 5.74) is 1.01. The number of hydrogen-bond donors (Lipinski definition) is 0. The first-order valence-corrected chi connectivity index (χ1v) is 11.6. The zero-order valence-corrected chi connectivity index (χ0v) is 17.2. The molecule has 0 bridgehead atoms. The van der Waals surface area contributed by atoms with E-state index in [1.54, 1.807) is 31.0 Å². The molecule has 1 heterocycles. The number of thiazole rings is 1. The lowest BCUT2D eigenvalue weighted by Gasteiger charge is -2.04. The highest BCUT2D eigenvalue weighted by Gasteiger charge is 2.15. The Morgan fingerprint density at radius 1 is 1.19 bits per heavy atom. The van der Waals surface area contributed by atoms with Crippen LogP contribution in [0.4, 0.5) is 0 Å². The highest BCUT2D eigenvalue weighted by atomic mass is 32.2. The Bertz CT molecular complexity index is 1080. The summed E-state index contributed by atoms with van der Waals surface area (Å²) < 4.78 is 37.7. The van der Waals surface area contributed by atoms with Crippen molar-refractivity contribution in [2.24, 2.45) is 4.40 Å². The Kier molecular flexibility index (Phi) is 5.74. The second-order valence-electron chi connectivity index (χ2n) is 5.61. The van der Waals surface area contributed by atoms with E-state index in [2.05, 4.69) is 17.4 Å². The van der Waals surface area contributed by atoms with E-state index in [9.17, 15) is 8.42 Å². The zero-order chi connectivity index (χ0) is 18.7. The van der Waals surface area contributed by atoms with E-state index in [0.717, 1.165) is 28.1 Å². The third kappa shape index (κ3) is 3.82. The predicted molar refractivity (Wildman–Crippen MR) is 108 cm³/mol. The summed E-state index contributed by atoms with van der Waals surface area (Å²) >= 11 is 3.06. The van der Waals surface area contributed by atoms with E-state index in [0.29, 0.717) is 10.6 Å². The molecule has 0 aliphatic carbocycles. The Morgan fingerprint density at radius 3 is 2.54 bits per heavy atom. The summed E-state index contributed by atoms with van der Waals surface area (Å²) in [7, 11) is -2.25. The molecule has 138 valence electrons. The van der Waals surface area contributed by atoms with Gasteiger partial charge in [-0.2, -0.15) is 8.42 Å². The maximum absolute atomic E-state index is 12.7. The average molecular weight is 409 g/mol. The first-order valence-electron chi connectivity index (χ1n) is 8.11. The van der Waals surface area contributed by atoms with Crippen LogP contribution in [0.2, 0.25) is 0 Å². The first kappa shape index (κ1) is 19.0. The van der Waals surface area contributed by atoms with Gasteiger partial charge in [-0.1, -0.05) is 18.3 Å². The lowest BCUT2D eigenvalue weighted by atomic mass is 10.3. The second kappa shape index (κ2) is 7.85. The van der Waals surface area contributed by atoms with E-state index in [-0.39, 0.29) is 4.90 Å². The molecular weight excluding hydrogens is 388 g/mol. The van der Waals surface area contributed by atoms with E-state index in [1.807, 2.05) is 23.0 Å². The molecule has 0 unspecified atom stereocenters. The summed E-state index contributed by atoms with van der Waals surface area (Å²) in [6, 6.07) is 12.4. The minimum absolute atomic E-state index is 0.156. The standard InChI is InChI=1S/C18H20N2O3S3/c1-4-11-20-16-10-7-14(24-3)12-17(16)25-18(20)19-26(21,22)15-8-5-13(23-2)6-9-15/h5-10,12H,4,11H2,1-3H3/b19-18-. The third-order valence-electron chi connectivity index (χ3n) is 3.89. The summed E-state index contributed by atoms with van der Waals surface area (Å²) in [6.07, 6.45) is 2.92. The fourth-order valence-corrected chi connectivity index (χ4v) is 5.41. The number of sulfonamides is 1. The van der Waals surface area contributed by atoms with Gasteiger partial charge in [-0.15, -0.1) is 16.2 Å². The van der Waals surface area contributed by atoms with E-state index < -0.39 is 10.0 Å². The first-order chi connectivity index (χ1) is 12.5. The maximum atomic E-state index is 12.7. The molecule has 0 spiro atoms. The Labute approximate surface area is 161 Å². The fraction of sp³-hybridized carbons (Fsp3) is 0.278. The third-order valence-corrected chi connectivity index (χ3v) is 7.06. The summed E-state index contributed by atoms with van der Waals surface area (Å²) in [4.78, 5) is 1.80. The monoisotopic (exact) mass is 408 g/mol. The molecule has 26 heavy (non-hydrogen) atoms. The van der Waals surface area contributed by atoms with Gasteiger partial charge in [-0.3, -0.25) is 0 Å². The summed E-state index contributed by atoms with van der Waals surface area (Å²) in [6.45, 7) is 2.78. The van der Waals surface area contributed by atoms with Crippen LogP contribution in [0.1, 0.15) is 13.3 Å². The molecule has 3 aromatic rings. The maximum Gasteiger partial charge on any atom is 0.285 e. The molecular formula is C18H20N2O3S3. The van der Waals surface area contributed by atoms with Gasteiger partial charge in [-0.25, -0.2) is 0 Å². The number of aryl methyl sites for hydroxylation is 1. The van der Waals surface area contributed by atoms with Crippen molar-refractivity contribution in [3.63, 3.8) is 0 Å². The Morgan fingerprint density at radius 2 is 1.92 bits per heavy atom. The molecule has 0 N–H and O–H groups in total. The number of ether oxygens (including phenoxy) is 1. The minimum atomic E-state index is -3.79.